The Morgan fingerprint density at radius 3 is 2.65 bits per heavy atom. The highest BCUT2D eigenvalue weighted by Crippen LogP contribution is 2.33. The van der Waals surface area contributed by atoms with E-state index in [0.29, 0.717) is 14.5 Å². The molecule has 0 aliphatic heterocycles. The Bertz CT molecular complexity index is 646. The Hall–Kier alpha value is -0.770. The summed E-state index contributed by atoms with van der Waals surface area (Å²) in [4.78, 5) is 0. The van der Waals surface area contributed by atoms with Crippen molar-refractivity contribution in [2.45, 2.75) is 19.9 Å². The van der Waals surface area contributed by atoms with Crippen molar-refractivity contribution in [3.05, 3.63) is 61.8 Å². The zero-order chi connectivity index (χ0) is 14.9. The van der Waals surface area contributed by atoms with Gasteiger partial charge >= 0.3 is 0 Å². The molecule has 0 radical (unpaired) electrons. The highest BCUT2D eigenvalue weighted by molar-refractivity contribution is 9.10. The average Bonchev–Trinajstić information content (AvgIpc) is 2.39. The summed E-state index contributed by atoms with van der Waals surface area (Å²) >= 11 is 15.4. The van der Waals surface area contributed by atoms with Gasteiger partial charge < -0.3 is 5.32 Å². The number of aryl methyl sites for hydroxylation is 1. The lowest BCUT2D eigenvalue weighted by molar-refractivity contribution is 0.620. The summed E-state index contributed by atoms with van der Waals surface area (Å²) in [5.74, 6) is -0.276. The summed E-state index contributed by atoms with van der Waals surface area (Å²) < 4.78 is 13.8. The maximum Gasteiger partial charge on any atom is 0.137 e. The molecule has 0 heterocycles. The van der Waals surface area contributed by atoms with Crippen LogP contribution in [0.3, 0.4) is 0 Å². The van der Waals surface area contributed by atoms with Gasteiger partial charge in [0.15, 0.2) is 0 Å². The highest BCUT2D eigenvalue weighted by atomic mass is 79.9. The quantitative estimate of drug-likeness (QED) is 0.655. The first-order valence-electron chi connectivity index (χ1n) is 6.06. The number of hydrogen-bond donors (Lipinski definition) is 1. The molecule has 0 aliphatic rings. The largest absolute Gasteiger partial charge is 0.378 e. The molecule has 0 aliphatic carbocycles. The lowest BCUT2D eigenvalue weighted by Gasteiger charge is -2.19. The zero-order valence-corrected chi connectivity index (χ0v) is 14.1. The van der Waals surface area contributed by atoms with Gasteiger partial charge in [-0.25, -0.2) is 4.39 Å². The number of rotatable bonds is 3. The second kappa shape index (κ2) is 6.33. The molecule has 5 heteroatoms. The van der Waals surface area contributed by atoms with Crippen molar-refractivity contribution < 1.29 is 4.39 Å². The summed E-state index contributed by atoms with van der Waals surface area (Å²) in [5, 5.41) is 4.38. The fourth-order valence-electron chi connectivity index (χ4n) is 1.97. The maximum absolute atomic E-state index is 13.4. The lowest BCUT2D eigenvalue weighted by Crippen LogP contribution is -2.08. The molecule has 20 heavy (non-hydrogen) atoms. The number of halogens is 4. The number of benzene rings is 2. The standard InChI is InChI=1S/C15H13BrCl2FN/c1-8-6-13(19)11(16)7-14(8)20-9(2)10-4-3-5-12(17)15(10)18/h3-7,9,20H,1-2H3. The fourth-order valence-corrected chi connectivity index (χ4v) is 2.78. The molecule has 2 aromatic rings. The van der Waals surface area contributed by atoms with Crippen molar-refractivity contribution in [1.82, 2.24) is 0 Å². The predicted octanol–water partition coefficient (Wildman–Crippen LogP) is 6.38. The Morgan fingerprint density at radius 2 is 1.95 bits per heavy atom. The van der Waals surface area contributed by atoms with Crippen LogP contribution in [-0.4, -0.2) is 0 Å². The van der Waals surface area contributed by atoms with Crippen LogP contribution < -0.4 is 5.32 Å². The van der Waals surface area contributed by atoms with Gasteiger partial charge in [0.25, 0.3) is 0 Å². The van der Waals surface area contributed by atoms with Crippen LogP contribution in [-0.2, 0) is 0 Å². The minimum atomic E-state index is -0.276. The highest BCUT2D eigenvalue weighted by Gasteiger charge is 2.13. The van der Waals surface area contributed by atoms with Crippen LogP contribution in [0.1, 0.15) is 24.1 Å². The second-order valence-electron chi connectivity index (χ2n) is 4.59. The third-order valence-electron chi connectivity index (χ3n) is 3.09. The minimum absolute atomic E-state index is 0.0442. The summed E-state index contributed by atoms with van der Waals surface area (Å²) in [7, 11) is 0. The van der Waals surface area contributed by atoms with E-state index in [1.54, 1.807) is 12.1 Å². The predicted molar refractivity (Wildman–Crippen MR) is 87.3 cm³/mol. The molecule has 2 rings (SSSR count). The molecule has 0 spiro atoms. The Morgan fingerprint density at radius 1 is 1.25 bits per heavy atom. The molecule has 0 fully saturated rings. The zero-order valence-electron chi connectivity index (χ0n) is 11.0. The minimum Gasteiger partial charge on any atom is -0.378 e. The molecular weight excluding hydrogens is 364 g/mol. The van der Waals surface area contributed by atoms with Crippen LogP contribution >= 0.6 is 39.1 Å². The van der Waals surface area contributed by atoms with Gasteiger partial charge in [0.2, 0.25) is 0 Å². The number of hydrogen-bond acceptors (Lipinski definition) is 1. The summed E-state index contributed by atoms with van der Waals surface area (Å²) in [5.41, 5.74) is 2.58. The van der Waals surface area contributed by atoms with Gasteiger partial charge in [-0.15, -0.1) is 0 Å². The first-order chi connectivity index (χ1) is 9.40. The number of anilines is 1. The van der Waals surface area contributed by atoms with Crippen LogP contribution in [0, 0.1) is 12.7 Å². The van der Waals surface area contributed by atoms with Crippen LogP contribution in [0.5, 0.6) is 0 Å². The molecule has 0 aromatic heterocycles. The first-order valence-corrected chi connectivity index (χ1v) is 7.61. The average molecular weight is 377 g/mol. The molecule has 1 atom stereocenters. The van der Waals surface area contributed by atoms with Crippen molar-refractivity contribution in [1.29, 1.82) is 0 Å². The molecule has 1 unspecified atom stereocenters. The SMILES string of the molecule is Cc1cc(F)c(Br)cc1NC(C)c1cccc(Cl)c1Cl. The number of nitrogens with one attached hydrogen (secondary N) is 1. The molecule has 0 saturated heterocycles. The smallest absolute Gasteiger partial charge is 0.137 e. The van der Waals surface area contributed by atoms with Crippen LogP contribution in [0.2, 0.25) is 10.0 Å². The van der Waals surface area contributed by atoms with E-state index in [1.165, 1.54) is 6.07 Å². The van der Waals surface area contributed by atoms with Crippen molar-refractivity contribution >= 4 is 44.8 Å². The Labute approximate surface area is 136 Å². The summed E-state index contributed by atoms with van der Waals surface area (Å²) in [6, 6.07) is 8.69. The fraction of sp³-hybridized carbons (Fsp3) is 0.200. The molecule has 1 N–H and O–H groups in total. The van der Waals surface area contributed by atoms with Crippen LogP contribution in [0.15, 0.2) is 34.8 Å². The molecule has 106 valence electrons. The Balaban J connectivity index is 2.30. The van der Waals surface area contributed by atoms with Crippen LogP contribution in [0.25, 0.3) is 0 Å². The van der Waals surface area contributed by atoms with Crippen molar-refractivity contribution in [3.63, 3.8) is 0 Å². The van der Waals surface area contributed by atoms with Crippen molar-refractivity contribution in [3.8, 4) is 0 Å². The summed E-state index contributed by atoms with van der Waals surface area (Å²) in [6.07, 6.45) is 0. The monoisotopic (exact) mass is 375 g/mol. The van der Waals surface area contributed by atoms with Gasteiger partial charge in [-0.1, -0.05) is 35.3 Å². The van der Waals surface area contributed by atoms with Gasteiger partial charge in [-0.3, -0.25) is 0 Å². The molecule has 1 nitrogen and oxygen atoms in total. The molecule has 0 saturated carbocycles. The second-order valence-corrected chi connectivity index (χ2v) is 6.23. The lowest BCUT2D eigenvalue weighted by atomic mass is 10.1. The van der Waals surface area contributed by atoms with Crippen molar-refractivity contribution in [2.24, 2.45) is 0 Å². The van der Waals surface area contributed by atoms with E-state index in [-0.39, 0.29) is 11.9 Å². The molecule has 2 aromatic carbocycles. The van der Waals surface area contributed by atoms with E-state index in [2.05, 4.69) is 21.2 Å². The van der Waals surface area contributed by atoms with E-state index in [0.717, 1.165) is 16.8 Å². The van der Waals surface area contributed by atoms with Crippen molar-refractivity contribution in [2.75, 3.05) is 5.32 Å². The van der Waals surface area contributed by atoms with E-state index in [9.17, 15) is 4.39 Å². The van der Waals surface area contributed by atoms with Gasteiger partial charge in [0.05, 0.1) is 20.6 Å². The van der Waals surface area contributed by atoms with E-state index in [4.69, 9.17) is 23.2 Å². The topological polar surface area (TPSA) is 12.0 Å². The van der Waals surface area contributed by atoms with Gasteiger partial charge in [-0.2, -0.15) is 0 Å². The molecule has 0 bridgehead atoms. The molecule has 0 amide bonds. The van der Waals surface area contributed by atoms with Gasteiger partial charge in [-0.05, 0) is 59.1 Å². The third-order valence-corrected chi connectivity index (χ3v) is 4.53. The van der Waals surface area contributed by atoms with Gasteiger partial charge in [0, 0.05) is 5.69 Å². The maximum atomic E-state index is 13.4. The third kappa shape index (κ3) is 3.27. The normalized spacial score (nSPS) is 12.3. The van der Waals surface area contributed by atoms with Gasteiger partial charge in [0.1, 0.15) is 5.82 Å². The van der Waals surface area contributed by atoms with E-state index < -0.39 is 0 Å². The molecular formula is C15H13BrCl2FN. The van der Waals surface area contributed by atoms with E-state index in [1.807, 2.05) is 26.0 Å². The van der Waals surface area contributed by atoms with Crippen LogP contribution in [0.4, 0.5) is 10.1 Å². The summed E-state index contributed by atoms with van der Waals surface area (Å²) in [6.45, 7) is 3.83. The Kier molecular flexibility index (Phi) is 4.95. The van der Waals surface area contributed by atoms with E-state index >= 15 is 0 Å². The first kappa shape index (κ1) is 15.6.